The lowest BCUT2D eigenvalue weighted by Crippen LogP contribution is -2.28. The van der Waals surface area contributed by atoms with Crippen LogP contribution in [-0.2, 0) is 0 Å². The summed E-state index contributed by atoms with van der Waals surface area (Å²) < 4.78 is 0. The molecule has 3 nitrogen and oxygen atoms in total. The number of rotatable bonds is 1. The molecule has 0 aliphatic rings. The van der Waals surface area contributed by atoms with Crippen LogP contribution < -0.4 is 11.6 Å². The summed E-state index contributed by atoms with van der Waals surface area (Å²) in [4.78, 5) is 0. The fourth-order valence-electron chi connectivity index (χ4n) is 0. The topological polar surface area (TPSA) is 55.3 Å². The molecule has 0 radical (unpaired) electrons. The molecule has 3 heteroatoms. The van der Waals surface area contributed by atoms with Crippen LogP contribution in [0.3, 0.4) is 0 Å². The van der Waals surface area contributed by atoms with Gasteiger partial charge >= 0.3 is 0 Å². The van der Waals surface area contributed by atoms with E-state index in [4.69, 9.17) is 11.6 Å². The van der Waals surface area contributed by atoms with E-state index < -0.39 is 0 Å². The Morgan fingerprint density at radius 1 is 1.83 bits per heavy atom. The Balaban J connectivity index is 3.26. The molecule has 0 rings (SSSR count). The van der Waals surface area contributed by atoms with Gasteiger partial charge in [-0.25, -0.2) is 5.84 Å². The second-order valence-electron chi connectivity index (χ2n) is 1.10. The van der Waals surface area contributed by atoms with E-state index >= 15 is 0 Å². The fourth-order valence-corrected chi connectivity index (χ4v) is 0. The van der Waals surface area contributed by atoms with Gasteiger partial charge in [-0.15, -0.1) is 0 Å². The third kappa shape index (κ3) is 1.60. The van der Waals surface area contributed by atoms with Crippen molar-refractivity contribution in [1.29, 1.82) is 0 Å². The number of hydrazine groups is 1. The van der Waals surface area contributed by atoms with Gasteiger partial charge in [-0.3, -0.25) is 0 Å². The van der Waals surface area contributed by atoms with Gasteiger partial charge in [0, 0.05) is 7.05 Å². The van der Waals surface area contributed by atoms with Crippen molar-refractivity contribution < 1.29 is 0 Å². The quantitative estimate of drug-likeness (QED) is 0.326. The van der Waals surface area contributed by atoms with E-state index in [1.165, 1.54) is 5.01 Å². The highest BCUT2D eigenvalue weighted by Crippen LogP contribution is 1.72. The molecular weight excluding hydrogens is 78.1 g/mol. The van der Waals surface area contributed by atoms with Gasteiger partial charge in [-0.2, -0.15) is 0 Å². The summed E-state index contributed by atoms with van der Waals surface area (Å²) in [6.07, 6.45) is 0. The van der Waals surface area contributed by atoms with Crippen molar-refractivity contribution in [2.75, 3.05) is 7.05 Å². The molecule has 0 bridgehead atoms. The zero-order valence-corrected chi connectivity index (χ0v) is 3.81. The Hall–Kier alpha value is -0.700. The smallest absolute Gasteiger partial charge is 0.105 e. The Labute approximate surface area is 37.2 Å². The van der Waals surface area contributed by atoms with Crippen LogP contribution in [0.4, 0.5) is 0 Å². The van der Waals surface area contributed by atoms with Gasteiger partial charge in [0.1, 0.15) is 5.82 Å². The Bertz CT molecular complexity index is 57.1. The van der Waals surface area contributed by atoms with Crippen molar-refractivity contribution in [3.63, 3.8) is 0 Å². The van der Waals surface area contributed by atoms with Crippen LogP contribution in [0.1, 0.15) is 0 Å². The molecule has 0 saturated carbocycles. The Kier molecular flexibility index (Phi) is 1.47. The maximum absolute atomic E-state index is 5.04. The molecule has 36 valence electrons. The van der Waals surface area contributed by atoms with Gasteiger partial charge in [-0.05, 0) is 0 Å². The molecule has 4 N–H and O–H groups in total. The van der Waals surface area contributed by atoms with E-state index in [-0.39, 0.29) is 0 Å². The molecule has 0 saturated heterocycles. The van der Waals surface area contributed by atoms with Crippen molar-refractivity contribution in [3.05, 3.63) is 12.4 Å². The van der Waals surface area contributed by atoms with Crippen molar-refractivity contribution in [2.45, 2.75) is 0 Å². The van der Waals surface area contributed by atoms with E-state index in [1.54, 1.807) is 7.05 Å². The average molecular weight is 87.1 g/mol. The highest BCUT2D eigenvalue weighted by atomic mass is 15.4. The molecule has 0 aliphatic carbocycles. The summed E-state index contributed by atoms with van der Waals surface area (Å²) in [5.41, 5.74) is 5.04. The van der Waals surface area contributed by atoms with Crippen LogP contribution in [0.2, 0.25) is 0 Å². The second kappa shape index (κ2) is 1.67. The van der Waals surface area contributed by atoms with Crippen LogP contribution >= 0.6 is 0 Å². The zero-order chi connectivity index (χ0) is 5.15. The predicted molar refractivity (Wildman–Crippen MR) is 25.3 cm³/mol. The minimum Gasteiger partial charge on any atom is -0.385 e. The molecule has 0 amide bonds. The van der Waals surface area contributed by atoms with Crippen molar-refractivity contribution >= 4 is 0 Å². The molecule has 0 fully saturated rings. The molecule has 0 atom stereocenters. The van der Waals surface area contributed by atoms with Gasteiger partial charge in [0.15, 0.2) is 0 Å². The molecule has 0 aliphatic heterocycles. The molecule has 0 heterocycles. The lowest BCUT2D eigenvalue weighted by atomic mass is 10.8. The molecular formula is C3H9N3. The maximum atomic E-state index is 5.04. The molecule has 0 spiro atoms. The highest BCUT2D eigenvalue weighted by molar-refractivity contribution is 4.79. The summed E-state index contributed by atoms with van der Waals surface area (Å²) in [5.74, 6) is 5.41. The van der Waals surface area contributed by atoms with Crippen molar-refractivity contribution in [1.82, 2.24) is 5.01 Å². The third-order valence-electron chi connectivity index (χ3n) is 0.453. The molecule has 0 aromatic carbocycles. The molecule has 0 unspecified atom stereocenters. The minimum absolute atomic E-state index is 0.370. The van der Waals surface area contributed by atoms with E-state index in [9.17, 15) is 0 Å². The molecule has 0 aromatic heterocycles. The number of nitrogens with zero attached hydrogens (tertiary/aromatic N) is 1. The first kappa shape index (κ1) is 5.30. The van der Waals surface area contributed by atoms with Gasteiger partial charge in [0.2, 0.25) is 0 Å². The summed E-state index contributed by atoms with van der Waals surface area (Å²) in [5, 5.41) is 1.25. The minimum atomic E-state index is 0.370. The SMILES string of the molecule is C=C(N)N(C)N. The Morgan fingerprint density at radius 3 is 2.00 bits per heavy atom. The largest absolute Gasteiger partial charge is 0.385 e. The van der Waals surface area contributed by atoms with E-state index in [0.717, 1.165) is 0 Å². The summed E-state index contributed by atoms with van der Waals surface area (Å²) in [7, 11) is 1.63. The molecule has 6 heavy (non-hydrogen) atoms. The second-order valence-corrected chi connectivity index (χ2v) is 1.10. The van der Waals surface area contributed by atoms with Gasteiger partial charge in [0.05, 0.1) is 0 Å². The van der Waals surface area contributed by atoms with Crippen LogP contribution in [0.25, 0.3) is 0 Å². The average Bonchev–Trinajstić information content (AvgIpc) is 1.36. The van der Waals surface area contributed by atoms with Crippen LogP contribution in [0.5, 0.6) is 0 Å². The molecule has 0 aromatic rings. The normalized spacial score (nSPS) is 7.67. The summed E-state index contributed by atoms with van der Waals surface area (Å²) in [6, 6.07) is 0. The standard InChI is InChI=1S/C3H9N3/c1-3(4)6(2)5/h1,4-5H2,2H3. The first-order valence-corrected chi connectivity index (χ1v) is 1.57. The third-order valence-corrected chi connectivity index (χ3v) is 0.453. The Morgan fingerprint density at radius 2 is 2.00 bits per heavy atom. The number of nitrogens with two attached hydrogens (primary N) is 2. The van der Waals surface area contributed by atoms with Crippen LogP contribution in [0, 0.1) is 0 Å². The fraction of sp³-hybridized carbons (Fsp3) is 0.333. The van der Waals surface area contributed by atoms with E-state index in [0.29, 0.717) is 5.82 Å². The monoisotopic (exact) mass is 87.1 g/mol. The summed E-state index contributed by atoms with van der Waals surface area (Å²) >= 11 is 0. The van der Waals surface area contributed by atoms with Crippen LogP contribution in [0.15, 0.2) is 12.4 Å². The van der Waals surface area contributed by atoms with Crippen molar-refractivity contribution in [2.24, 2.45) is 11.6 Å². The zero-order valence-electron chi connectivity index (χ0n) is 3.81. The number of hydrogen-bond donors (Lipinski definition) is 2. The first-order chi connectivity index (χ1) is 2.64. The maximum Gasteiger partial charge on any atom is 0.105 e. The summed E-state index contributed by atoms with van der Waals surface area (Å²) in [6.45, 7) is 3.33. The highest BCUT2D eigenvalue weighted by Gasteiger charge is 1.80. The number of hydrogen-bond acceptors (Lipinski definition) is 3. The van der Waals surface area contributed by atoms with Crippen molar-refractivity contribution in [3.8, 4) is 0 Å². The predicted octanol–water partition coefficient (Wildman–Crippen LogP) is -0.778. The van der Waals surface area contributed by atoms with E-state index in [1.807, 2.05) is 0 Å². The van der Waals surface area contributed by atoms with Crippen LogP contribution in [-0.4, -0.2) is 12.1 Å². The first-order valence-electron chi connectivity index (χ1n) is 1.57. The lowest BCUT2D eigenvalue weighted by molar-refractivity contribution is 0.438. The van der Waals surface area contributed by atoms with Gasteiger partial charge in [-0.1, -0.05) is 6.58 Å². The van der Waals surface area contributed by atoms with E-state index in [2.05, 4.69) is 6.58 Å². The van der Waals surface area contributed by atoms with Gasteiger partial charge < -0.3 is 10.7 Å². The lowest BCUT2D eigenvalue weighted by Gasteiger charge is -2.07. The van der Waals surface area contributed by atoms with Gasteiger partial charge in [0.25, 0.3) is 0 Å².